The van der Waals surface area contributed by atoms with Crippen LogP contribution in [0.25, 0.3) is 11.1 Å². The van der Waals surface area contributed by atoms with Crippen molar-refractivity contribution in [2.45, 2.75) is 32.5 Å². The van der Waals surface area contributed by atoms with E-state index in [0.29, 0.717) is 36.3 Å². The lowest BCUT2D eigenvalue weighted by atomic mass is 9.99. The average Bonchev–Trinajstić information content (AvgIpc) is 3.38. The fraction of sp³-hybridized carbons (Fsp3) is 0.379. The van der Waals surface area contributed by atoms with E-state index >= 15 is 0 Å². The fourth-order valence-corrected chi connectivity index (χ4v) is 4.87. The standard InChI is InChI=1S/C29H32FN3O5/c1-18-13-33(19(2)16-34)29(35)24-11-22(21-5-4-6-23(30)10-21)12-31-28(24)38-27(18)15-32(3)14-20-7-8-25-26(9-20)37-17-36-25/h4-12,18-19,27,34H,13-17H2,1-3H3/t18-,19+,27-/m0/s1. The lowest BCUT2D eigenvalue weighted by Crippen LogP contribution is -2.49. The molecule has 1 N–H and O–H groups in total. The highest BCUT2D eigenvalue weighted by molar-refractivity contribution is 5.98. The summed E-state index contributed by atoms with van der Waals surface area (Å²) in [6, 6.07) is 13.4. The number of aliphatic hydroxyl groups excluding tert-OH is 1. The van der Waals surface area contributed by atoms with Crippen LogP contribution in [0, 0.1) is 11.7 Å². The first-order valence-corrected chi connectivity index (χ1v) is 12.7. The summed E-state index contributed by atoms with van der Waals surface area (Å²) < 4.78 is 31.2. The van der Waals surface area contributed by atoms with Crippen molar-refractivity contribution in [3.63, 3.8) is 0 Å². The number of benzene rings is 2. The summed E-state index contributed by atoms with van der Waals surface area (Å²) in [4.78, 5) is 22.0. The number of pyridine rings is 1. The highest BCUT2D eigenvalue weighted by Crippen LogP contribution is 2.33. The zero-order valence-corrected chi connectivity index (χ0v) is 21.8. The van der Waals surface area contributed by atoms with Crippen LogP contribution in [0.4, 0.5) is 4.39 Å². The van der Waals surface area contributed by atoms with Gasteiger partial charge in [-0.1, -0.05) is 25.1 Å². The van der Waals surface area contributed by atoms with E-state index in [-0.39, 0.29) is 49.1 Å². The molecule has 0 spiro atoms. The molecule has 38 heavy (non-hydrogen) atoms. The number of likely N-dealkylation sites (N-methyl/N-ethyl adjacent to an activating group) is 1. The van der Waals surface area contributed by atoms with E-state index in [2.05, 4.69) is 9.88 Å². The summed E-state index contributed by atoms with van der Waals surface area (Å²) in [5.74, 6) is 1.05. The Morgan fingerprint density at radius 2 is 1.97 bits per heavy atom. The average molecular weight is 522 g/mol. The van der Waals surface area contributed by atoms with Crippen molar-refractivity contribution in [2.24, 2.45) is 5.92 Å². The van der Waals surface area contributed by atoms with E-state index in [4.69, 9.17) is 14.2 Å². The molecule has 0 unspecified atom stereocenters. The summed E-state index contributed by atoms with van der Waals surface area (Å²) in [5.41, 5.74) is 2.61. The minimum atomic E-state index is -0.388. The van der Waals surface area contributed by atoms with Gasteiger partial charge in [-0.2, -0.15) is 0 Å². The second-order valence-corrected chi connectivity index (χ2v) is 10.1. The van der Waals surface area contributed by atoms with Crippen LogP contribution in [-0.2, 0) is 6.54 Å². The first-order valence-electron chi connectivity index (χ1n) is 12.7. The number of hydrogen-bond acceptors (Lipinski definition) is 7. The van der Waals surface area contributed by atoms with Crippen molar-refractivity contribution in [1.29, 1.82) is 0 Å². The molecule has 2 aliphatic heterocycles. The van der Waals surface area contributed by atoms with Crippen molar-refractivity contribution in [2.75, 3.05) is 33.5 Å². The van der Waals surface area contributed by atoms with Crippen LogP contribution in [-0.4, -0.2) is 71.5 Å². The lowest BCUT2D eigenvalue weighted by molar-refractivity contribution is 0.0325. The Hall–Kier alpha value is -3.69. The minimum absolute atomic E-state index is 0.0370. The van der Waals surface area contributed by atoms with Crippen LogP contribution < -0.4 is 14.2 Å². The van der Waals surface area contributed by atoms with E-state index in [1.807, 2.05) is 39.1 Å². The Balaban J connectivity index is 1.42. The minimum Gasteiger partial charge on any atom is -0.472 e. The molecule has 0 fully saturated rings. The summed E-state index contributed by atoms with van der Waals surface area (Å²) in [6.07, 6.45) is 1.32. The quantitative estimate of drug-likeness (QED) is 0.504. The van der Waals surface area contributed by atoms with Gasteiger partial charge in [0.1, 0.15) is 17.5 Å². The van der Waals surface area contributed by atoms with Crippen LogP contribution in [0.15, 0.2) is 54.7 Å². The zero-order chi connectivity index (χ0) is 26.8. The summed E-state index contributed by atoms with van der Waals surface area (Å²) in [5, 5.41) is 9.90. The molecule has 9 heteroatoms. The van der Waals surface area contributed by atoms with Gasteiger partial charge in [0.25, 0.3) is 5.91 Å². The molecule has 0 bridgehead atoms. The number of aromatic nitrogens is 1. The van der Waals surface area contributed by atoms with E-state index in [1.54, 1.807) is 29.3 Å². The molecule has 0 aliphatic carbocycles. The van der Waals surface area contributed by atoms with Gasteiger partial charge >= 0.3 is 0 Å². The molecule has 2 aliphatic rings. The lowest BCUT2D eigenvalue weighted by Gasteiger charge is -2.37. The molecule has 0 saturated carbocycles. The van der Waals surface area contributed by atoms with Crippen molar-refractivity contribution in [1.82, 2.24) is 14.8 Å². The molecule has 8 nitrogen and oxygen atoms in total. The smallest absolute Gasteiger partial charge is 0.259 e. The van der Waals surface area contributed by atoms with Crippen molar-refractivity contribution >= 4 is 5.91 Å². The van der Waals surface area contributed by atoms with Crippen LogP contribution >= 0.6 is 0 Å². The van der Waals surface area contributed by atoms with Crippen LogP contribution in [0.3, 0.4) is 0 Å². The molecule has 5 rings (SSSR count). The molecular formula is C29H32FN3O5. The number of carbonyl (C=O) groups is 1. The molecule has 2 aromatic carbocycles. The molecule has 0 saturated heterocycles. The normalized spacial score (nSPS) is 19.5. The second kappa shape index (κ2) is 11.0. The number of halogens is 1. The number of aliphatic hydroxyl groups is 1. The number of fused-ring (bicyclic) bond motifs is 2. The Morgan fingerprint density at radius 1 is 1.16 bits per heavy atom. The largest absolute Gasteiger partial charge is 0.472 e. The van der Waals surface area contributed by atoms with Gasteiger partial charge in [0.05, 0.1) is 12.6 Å². The predicted octanol–water partition coefficient (Wildman–Crippen LogP) is 3.97. The number of nitrogens with zero attached hydrogens (tertiary/aromatic N) is 3. The molecule has 3 atom stereocenters. The third-order valence-corrected chi connectivity index (χ3v) is 7.06. The van der Waals surface area contributed by atoms with Gasteiger partial charge in [-0.25, -0.2) is 9.37 Å². The van der Waals surface area contributed by atoms with Gasteiger partial charge in [0, 0.05) is 37.3 Å². The van der Waals surface area contributed by atoms with Gasteiger partial charge in [-0.05, 0) is 55.4 Å². The molecular weight excluding hydrogens is 489 g/mol. The van der Waals surface area contributed by atoms with E-state index in [0.717, 1.165) is 17.1 Å². The monoisotopic (exact) mass is 521 g/mol. The predicted molar refractivity (Wildman–Crippen MR) is 140 cm³/mol. The Morgan fingerprint density at radius 3 is 2.76 bits per heavy atom. The Labute approximate surface area is 221 Å². The summed E-state index contributed by atoms with van der Waals surface area (Å²) in [7, 11) is 2.01. The summed E-state index contributed by atoms with van der Waals surface area (Å²) >= 11 is 0. The number of rotatable bonds is 7. The van der Waals surface area contributed by atoms with Crippen LogP contribution in [0.5, 0.6) is 17.4 Å². The third-order valence-electron chi connectivity index (χ3n) is 7.06. The Bertz CT molecular complexity index is 1320. The first kappa shape index (κ1) is 25.9. The Kier molecular flexibility index (Phi) is 7.49. The van der Waals surface area contributed by atoms with Crippen molar-refractivity contribution in [3.05, 3.63) is 71.7 Å². The van der Waals surface area contributed by atoms with E-state index < -0.39 is 0 Å². The number of hydrogen-bond donors (Lipinski definition) is 1. The van der Waals surface area contributed by atoms with Gasteiger partial charge in [-0.3, -0.25) is 9.69 Å². The maximum absolute atomic E-state index is 13.9. The SMILES string of the molecule is C[C@H](CO)N1C[C@H](C)[C@H](CN(C)Cc2ccc3c(c2)OCO3)Oc2ncc(-c3cccc(F)c3)cc2C1=O. The van der Waals surface area contributed by atoms with Gasteiger partial charge < -0.3 is 24.2 Å². The van der Waals surface area contributed by atoms with Gasteiger partial charge in [0.15, 0.2) is 11.5 Å². The number of ether oxygens (including phenoxy) is 3. The van der Waals surface area contributed by atoms with E-state index in [1.165, 1.54) is 12.1 Å². The molecule has 3 heterocycles. The number of carbonyl (C=O) groups excluding carboxylic acids is 1. The zero-order valence-electron chi connectivity index (χ0n) is 21.8. The van der Waals surface area contributed by atoms with Crippen LogP contribution in [0.2, 0.25) is 0 Å². The first-order chi connectivity index (χ1) is 18.3. The molecule has 1 amide bonds. The number of amides is 1. The highest BCUT2D eigenvalue weighted by Gasteiger charge is 2.34. The fourth-order valence-electron chi connectivity index (χ4n) is 4.87. The van der Waals surface area contributed by atoms with Crippen molar-refractivity contribution in [3.8, 4) is 28.5 Å². The second-order valence-electron chi connectivity index (χ2n) is 10.1. The van der Waals surface area contributed by atoms with Crippen molar-refractivity contribution < 1.29 is 28.5 Å². The third kappa shape index (κ3) is 5.44. The maximum Gasteiger partial charge on any atom is 0.259 e. The maximum atomic E-state index is 13.9. The summed E-state index contributed by atoms with van der Waals surface area (Å²) in [6.45, 7) is 5.58. The topological polar surface area (TPSA) is 84.4 Å². The van der Waals surface area contributed by atoms with Crippen LogP contribution in [0.1, 0.15) is 29.8 Å². The molecule has 200 valence electrons. The highest BCUT2D eigenvalue weighted by atomic mass is 19.1. The van der Waals surface area contributed by atoms with E-state index in [9.17, 15) is 14.3 Å². The molecule has 3 aromatic rings. The molecule has 0 radical (unpaired) electrons. The van der Waals surface area contributed by atoms with Gasteiger partial charge in [0.2, 0.25) is 12.7 Å². The molecule has 1 aromatic heterocycles. The van der Waals surface area contributed by atoms with Gasteiger partial charge in [-0.15, -0.1) is 0 Å².